The summed E-state index contributed by atoms with van der Waals surface area (Å²) in [6, 6.07) is 13.6. The first-order chi connectivity index (χ1) is 12.1. The summed E-state index contributed by atoms with van der Waals surface area (Å²) in [4.78, 5) is 2.17. The molecule has 2 aromatic carbocycles. The van der Waals surface area contributed by atoms with Crippen molar-refractivity contribution in [3.63, 3.8) is 0 Å². The van der Waals surface area contributed by atoms with Gasteiger partial charge in [-0.15, -0.1) is 0 Å². The summed E-state index contributed by atoms with van der Waals surface area (Å²) in [6.45, 7) is 2.68. The van der Waals surface area contributed by atoms with Gasteiger partial charge in [-0.1, -0.05) is 18.2 Å². The minimum absolute atomic E-state index is 0.170. The van der Waals surface area contributed by atoms with Crippen molar-refractivity contribution in [2.75, 3.05) is 13.2 Å². The predicted molar refractivity (Wildman–Crippen MR) is 90.6 cm³/mol. The lowest BCUT2D eigenvalue weighted by molar-refractivity contribution is 0.0678. The van der Waals surface area contributed by atoms with Crippen LogP contribution in [0, 0.1) is 23.0 Å². The average molecular weight is 342 g/mol. The van der Waals surface area contributed by atoms with E-state index >= 15 is 0 Å². The van der Waals surface area contributed by atoms with Crippen molar-refractivity contribution in [1.82, 2.24) is 4.90 Å². The Bertz CT molecular complexity index is 749. The van der Waals surface area contributed by atoms with E-state index in [0.717, 1.165) is 43.2 Å². The molecular weight excluding hydrogens is 322 g/mol. The highest BCUT2D eigenvalue weighted by atomic mass is 19.2. The third kappa shape index (κ3) is 4.85. The molecule has 5 heteroatoms. The molecular formula is C20H20F2N2O. The molecule has 1 unspecified atom stereocenters. The fourth-order valence-corrected chi connectivity index (χ4v) is 3.10. The van der Waals surface area contributed by atoms with E-state index in [0.29, 0.717) is 18.7 Å². The van der Waals surface area contributed by atoms with Gasteiger partial charge in [0.25, 0.3) is 0 Å². The van der Waals surface area contributed by atoms with Crippen LogP contribution in [-0.2, 0) is 17.8 Å². The lowest BCUT2D eigenvalue weighted by Gasteiger charge is -2.25. The SMILES string of the molecule is N#Cc1ccc(CN(Cc2ccc(F)c(F)c2)CC2CCCO2)cc1. The number of nitriles is 1. The summed E-state index contributed by atoms with van der Waals surface area (Å²) >= 11 is 0. The van der Waals surface area contributed by atoms with Crippen LogP contribution in [0.5, 0.6) is 0 Å². The molecule has 0 aromatic heterocycles. The lowest BCUT2D eigenvalue weighted by atomic mass is 10.1. The third-order valence-corrected chi connectivity index (χ3v) is 4.37. The molecule has 3 rings (SSSR count). The maximum Gasteiger partial charge on any atom is 0.159 e. The van der Waals surface area contributed by atoms with Crippen molar-refractivity contribution in [1.29, 1.82) is 5.26 Å². The Morgan fingerprint density at radius 3 is 2.40 bits per heavy atom. The van der Waals surface area contributed by atoms with E-state index in [1.807, 2.05) is 12.1 Å². The van der Waals surface area contributed by atoms with Crippen molar-refractivity contribution in [3.8, 4) is 6.07 Å². The lowest BCUT2D eigenvalue weighted by Crippen LogP contribution is -2.31. The Labute approximate surface area is 146 Å². The molecule has 25 heavy (non-hydrogen) atoms. The molecule has 0 N–H and O–H groups in total. The molecule has 1 aliphatic heterocycles. The Kier molecular flexibility index (Phi) is 5.75. The zero-order valence-corrected chi connectivity index (χ0v) is 13.9. The average Bonchev–Trinajstić information content (AvgIpc) is 3.12. The number of halogens is 2. The number of hydrogen-bond donors (Lipinski definition) is 0. The van der Waals surface area contributed by atoms with E-state index in [1.165, 1.54) is 6.07 Å². The smallest absolute Gasteiger partial charge is 0.159 e. The summed E-state index contributed by atoms with van der Waals surface area (Å²) in [5.41, 5.74) is 2.42. The van der Waals surface area contributed by atoms with E-state index in [-0.39, 0.29) is 6.10 Å². The van der Waals surface area contributed by atoms with E-state index in [9.17, 15) is 8.78 Å². The van der Waals surface area contributed by atoms with E-state index in [4.69, 9.17) is 10.00 Å². The van der Waals surface area contributed by atoms with Gasteiger partial charge < -0.3 is 4.74 Å². The Morgan fingerprint density at radius 2 is 1.76 bits per heavy atom. The molecule has 0 aliphatic carbocycles. The molecule has 1 aliphatic rings. The molecule has 1 saturated heterocycles. The quantitative estimate of drug-likeness (QED) is 0.796. The molecule has 0 amide bonds. The van der Waals surface area contributed by atoms with Crippen LogP contribution in [0.25, 0.3) is 0 Å². The molecule has 130 valence electrons. The zero-order chi connectivity index (χ0) is 17.6. The maximum atomic E-state index is 13.5. The molecule has 1 atom stereocenters. The minimum atomic E-state index is -0.832. The highest BCUT2D eigenvalue weighted by Crippen LogP contribution is 2.18. The van der Waals surface area contributed by atoms with Gasteiger partial charge in [0, 0.05) is 26.2 Å². The first-order valence-corrected chi connectivity index (χ1v) is 8.41. The molecule has 0 spiro atoms. The van der Waals surface area contributed by atoms with Crippen molar-refractivity contribution in [2.45, 2.75) is 32.0 Å². The van der Waals surface area contributed by atoms with Crippen molar-refractivity contribution in [3.05, 3.63) is 70.8 Å². The van der Waals surface area contributed by atoms with Gasteiger partial charge in [-0.3, -0.25) is 4.90 Å². The molecule has 1 fully saturated rings. The predicted octanol–water partition coefficient (Wildman–Crippen LogP) is 4.02. The van der Waals surface area contributed by atoms with E-state index in [1.54, 1.807) is 18.2 Å². The summed E-state index contributed by atoms with van der Waals surface area (Å²) in [5.74, 6) is -1.66. The fourth-order valence-electron chi connectivity index (χ4n) is 3.10. The molecule has 3 nitrogen and oxygen atoms in total. The van der Waals surface area contributed by atoms with Gasteiger partial charge in [0.15, 0.2) is 11.6 Å². The van der Waals surface area contributed by atoms with Crippen molar-refractivity contribution < 1.29 is 13.5 Å². The van der Waals surface area contributed by atoms with Crippen LogP contribution in [0.15, 0.2) is 42.5 Å². The highest BCUT2D eigenvalue weighted by Gasteiger charge is 2.20. The maximum absolute atomic E-state index is 13.5. The zero-order valence-electron chi connectivity index (χ0n) is 13.9. The highest BCUT2D eigenvalue weighted by molar-refractivity contribution is 5.31. The van der Waals surface area contributed by atoms with Crippen LogP contribution in [0.4, 0.5) is 8.78 Å². The van der Waals surface area contributed by atoms with Crippen LogP contribution in [-0.4, -0.2) is 24.2 Å². The number of ether oxygens (including phenoxy) is 1. The standard InChI is InChI=1S/C20H20F2N2O/c21-19-8-7-17(10-20(19)22)13-24(14-18-2-1-9-25-18)12-16-5-3-15(11-23)4-6-16/h3-8,10,18H,1-2,9,12-14H2. The Hall–Kier alpha value is -2.29. The van der Waals surface area contributed by atoms with Crippen molar-refractivity contribution in [2.24, 2.45) is 0 Å². The summed E-state index contributed by atoms with van der Waals surface area (Å²) in [5, 5.41) is 8.90. The second-order valence-electron chi connectivity index (χ2n) is 6.36. The van der Waals surface area contributed by atoms with Gasteiger partial charge >= 0.3 is 0 Å². The number of nitrogens with zero attached hydrogens (tertiary/aromatic N) is 2. The summed E-state index contributed by atoms with van der Waals surface area (Å²) in [6.07, 6.45) is 2.24. The first-order valence-electron chi connectivity index (χ1n) is 8.41. The van der Waals surface area contributed by atoms with Gasteiger partial charge in [0.05, 0.1) is 17.7 Å². The molecule has 1 heterocycles. The van der Waals surface area contributed by atoms with Gasteiger partial charge in [0.2, 0.25) is 0 Å². The van der Waals surface area contributed by atoms with Gasteiger partial charge in [-0.05, 0) is 48.2 Å². The number of benzene rings is 2. The van der Waals surface area contributed by atoms with Gasteiger partial charge in [0.1, 0.15) is 0 Å². The van der Waals surface area contributed by atoms with Crippen LogP contribution in [0.2, 0.25) is 0 Å². The number of rotatable bonds is 6. The Morgan fingerprint density at radius 1 is 1.04 bits per heavy atom. The Balaban J connectivity index is 1.73. The van der Waals surface area contributed by atoms with Crippen LogP contribution < -0.4 is 0 Å². The minimum Gasteiger partial charge on any atom is -0.377 e. The van der Waals surface area contributed by atoms with Crippen LogP contribution >= 0.6 is 0 Å². The molecule has 2 aromatic rings. The normalized spacial score (nSPS) is 17.0. The second-order valence-corrected chi connectivity index (χ2v) is 6.36. The monoisotopic (exact) mass is 342 g/mol. The summed E-state index contributed by atoms with van der Waals surface area (Å²) < 4.78 is 32.4. The largest absolute Gasteiger partial charge is 0.377 e. The molecule has 0 saturated carbocycles. The van der Waals surface area contributed by atoms with Crippen molar-refractivity contribution >= 4 is 0 Å². The molecule has 0 bridgehead atoms. The van der Waals surface area contributed by atoms with E-state index in [2.05, 4.69) is 11.0 Å². The van der Waals surface area contributed by atoms with Gasteiger partial charge in [-0.25, -0.2) is 8.78 Å². The fraction of sp³-hybridized carbons (Fsp3) is 0.350. The first kappa shape index (κ1) is 17.5. The molecule has 0 radical (unpaired) electrons. The number of hydrogen-bond acceptors (Lipinski definition) is 3. The third-order valence-electron chi connectivity index (χ3n) is 4.37. The van der Waals surface area contributed by atoms with Crippen LogP contribution in [0.3, 0.4) is 0 Å². The second kappa shape index (κ2) is 8.19. The summed E-state index contributed by atoms with van der Waals surface area (Å²) in [7, 11) is 0. The topological polar surface area (TPSA) is 36.3 Å². The van der Waals surface area contributed by atoms with Crippen LogP contribution in [0.1, 0.15) is 29.5 Å². The van der Waals surface area contributed by atoms with Gasteiger partial charge in [-0.2, -0.15) is 5.26 Å². The van der Waals surface area contributed by atoms with E-state index < -0.39 is 11.6 Å².